The van der Waals surface area contributed by atoms with Crippen LogP contribution in [0.1, 0.15) is 52.9 Å². The normalized spacial score (nSPS) is 23.2. The molecule has 0 aliphatic carbocycles. The van der Waals surface area contributed by atoms with Crippen LogP contribution in [-0.4, -0.2) is 34.9 Å². The van der Waals surface area contributed by atoms with E-state index in [4.69, 9.17) is 14.9 Å². The van der Waals surface area contributed by atoms with E-state index in [1.807, 2.05) is 13.0 Å². The Bertz CT molecular complexity index is 478. The lowest BCUT2D eigenvalue weighted by Gasteiger charge is -2.33. The lowest BCUT2D eigenvalue weighted by Crippen LogP contribution is -2.47. The molecule has 0 bridgehead atoms. The number of carboxylic acids is 1. The van der Waals surface area contributed by atoms with E-state index < -0.39 is 5.97 Å². The van der Waals surface area contributed by atoms with Crippen LogP contribution >= 0.6 is 0 Å². The van der Waals surface area contributed by atoms with E-state index in [0.29, 0.717) is 5.92 Å². The van der Waals surface area contributed by atoms with Gasteiger partial charge < -0.3 is 14.9 Å². The molecule has 3 unspecified atom stereocenters. The number of esters is 1. The Hall–Kier alpha value is -1.62. The van der Waals surface area contributed by atoms with E-state index in [9.17, 15) is 9.59 Å². The second kappa shape index (κ2) is 9.50. The number of carbonyl (C=O) groups excluding carboxylic acids is 1. The van der Waals surface area contributed by atoms with Crippen molar-refractivity contribution in [1.82, 2.24) is 0 Å². The predicted molar refractivity (Wildman–Crippen MR) is 87.9 cm³/mol. The molecule has 5 nitrogen and oxygen atoms in total. The monoisotopic (exact) mass is 324 g/mol. The number of aliphatic hydroxyl groups excluding tert-OH is 1. The quantitative estimate of drug-likeness (QED) is 0.279. The molecule has 130 valence electrons. The average molecular weight is 324 g/mol. The number of allylic oxidation sites excluding steroid dienone is 3. The number of aliphatic hydroxyl groups is 1. The van der Waals surface area contributed by atoms with Crippen molar-refractivity contribution in [1.29, 1.82) is 0 Å². The highest BCUT2D eigenvalue weighted by atomic mass is 16.6. The summed E-state index contributed by atoms with van der Waals surface area (Å²) < 4.78 is 5.03. The van der Waals surface area contributed by atoms with Gasteiger partial charge in [-0.05, 0) is 44.6 Å². The summed E-state index contributed by atoms with van der Waals surface area (Å²) in [6, 6.07) is 0. The molecular weight excluding hydrogens is 296 g/mol. The average Bonchev–Trinajstić information content (AvgIpc) is 2.40. The number of carboxylic acid groups (broad SMARTS) is 1. The SMILES string of the molecule is CC(=C\C(=O)O)/C=C(\C)CC(C)CCCCC1OC(=O)C1CO. The Morgan fingerprint density at radius 3 is 2.57 bits per heavy atom. The number of cyclic esters (lactones) is 1. The molecule has 5 heteroatoms. The molecule has 0 spiro atoms. The van der Waals surface area contributed by atoms with Crippen LogP contribution in [0.3, 0.4) is 0 Å². The molecule has 23 heavy (non-hydrogen) atoms. The molecule has 0 aromatic heterocycles. The van der Waals surface area contributed by atoms with Crippen molar-refractivity contribution >= 4 is 11.9 Å². The summed E-state index contributed by atoms with van der Waals surface area (Å²) in [7, 11) is 0. The maximum absolute atomic E-state index is 11.1. The summed E-state index contributed by atoms with van der Waals surface area (Å²) in [4.78, 5) is 21.6. The van der Waals surface area contributed by atoms with Crippen molar-refractivity contribution in [2.75, 3.05) is 6.61 Å². The first kappa shape index (κ1) is 19.4. The summed E-state index contributed by atoms with van der Waals surface area (Å²) in [6.07, 6.45) is 7.92. The summed E-state index contributed by atoms with van der Waals surface area (Å²) in [5.41, 5.74) is 1.94. The van der Waals surface area contributed by atoms with Crippen LogP contribution in [0.15, 0.2) is 23.3 Å². The fraction of sp³-hybridized carbons (Fsp3) is 0.667. The van der Waals surface area contributed by atoms with E-state index in [1.54, 1.807) is 6.92 Å². The minimum Gasteiger partial charge on any atom is -0.478 e. The van der Waals surface area contributed by atoms with Crippen molar-refractivity contribution in [3.63, 3.8) is 0 Å². The molecule has 3 atom stereocenters. The van der Waals surface area contributed by atoms with E-state index in [1.165, 1.54) is 11.6 Å². The summed E-state index contributed by atoms with van der Waals surface area (Å²) in [6.45, 7) is 5.88. The van der Waals surface area contributed by atoms with Gasteiger partial charge in [0.2, 0.25) is 0 Å². The molecule has 0 radical (unpaired) electrons. The van der Waals surface area contributed by atoms with Crippen molar-refractivity contribution in [2.24, 2.45) is 11.8 Å². The lowest BCUT2D eigenvalue weighted by molar-refractivity contribution is -0.189. The predicted octanol–water partition coefficient (Wildman–Crippen LogP) is 3.08. The van der Waals surface area contributed by atoms with Gasteiger partial charge in [-0.1, -0.05) is 31.4 Å². The van der Waals surface area contributed by atoms with Gasteiger partial charge in [0.25, 0.3) is 0 Å². The highest BCUT2D eigenvalue weighted by Crippen LogP contribution is 2.27. The summed E-state index contributed by atoms with van der Waals surface area (Å²) in [5.74, 6) is -0.989. The maximum Gasteiger partial charge on any atom is 0.328 e. The molecule has 0 amide bonds. The van der Waals surface area contributed by atoms with Crippen LogP contribution in [0.2, 0.25) is 0 Å². The van der Waals surface area contributed by atoms with E-state index in [-0.39, 0.29) is 24.6 Å². The summed E-state index contributed by atoms with van der Waals surface area (Å²) >= 11 is 0. The number of hydrogen-bond donors (Lipinski definition) is 2. The van der Waals surface area contributed by atoms with Crippen molar-refractivity contribution in [2.45, 2.75) is 59.0 Å². The molecule has 0 saturated carbocycles. The molecule has 1 heterocycles. The smallest absolute Gasteiger partial charge is 0.328 e. The second-order valence-electron chi connectivity index (χ2n) is 6.58. The number of unbranched alkanes of at least 4 members (excludes halogenated alkanes) is 1. The van der Waals surface area contributed by atoms with Crippen LogP contribution in [-0.2, 0) is 14.3 Å². The third-order valence-electron chi connectivity index (χ3n) is 4.15. The first-order chi connectivity index (χ1) is 10.8. The van der Waals surface area contributed by atoms with Crippen LogP contribution < -0.4 is 0 Å². The zero-order valence-electron chi connectivity index (χ0n) is 14.2. The Morgan fingerprint density at radius 1 is 1.30 bits per heavy atom. The van der Waals surface area contributed by atoms with Gasteiger partial charge in [-0.15, -0.1) is 0 Å². The number of ether oxygens (including phenoxy) is 1. The number of carbonyl (C=O) groups is 2. The molecule has 1 fully saturated rings. The third kappa shape index (κ3) is 6.99. The first-order valence-electron chi connectivity index (χ1n) is 8.23. The molecule has 1 rings (SSSR count). The highest BCUT2D eigenvalue weighted by Gasteiger charge is 2.41. The van der Waals surface area contributed by atoms with Crippen molar-refractivity contribution in [3.8, 4) is 0 Å². The van der Waals surface area contributed by atoms with E-state index in [2.05, 4.69) is 6.92 Å². The second-order valence-corrected chi connectivity index (χ2v) is 6.58. The topological polar surface area (TPSA) is 83.8 Å². The van der Waals surface area contributed by atoms with Crippen LogP contribution in [0, 0.1) is 11.8 Å². The Kier molecular flexibility index (Phi) is 8.03. The van der Waals surface area contributed by atoms with Gasteiger partial charge >= 0.3 is 11.9 Å². The zero-order valence-corrected chi connectivity index (χ0v) is 14.2. The highest BCUT2D eigenvalue weighted by molar-refractivity contribution is 5.81. The van der Waals surface area contributed by atoms with Crippen LogP contribution in [0.4, 0.5) is 0 Å². The summed E-state index contributed by atoms with van der Waals surface area (Å²) in [5, 5.41) is 17.7. The molecule has 0 aromatic rings. The number of aliphatic carboxylic acids is 1. The Labute approximate surface area is 138 Å². The third-order valence-corrected chi connectivity index (χ3v) is 4.15. The van der Waals surface area contributed by atoms with Crippen LogP contribution in [0.5, 0.6) is 0 Å². The van der Waals surface area contributed by atoms with Gasteiger partial charge in [-0.25, -0.2) is 4.79 Å². The Morgan fingerprint density at radius 2 is 2.00 bits per heavy atom. The van der Waals surface area contributed by atoms with Crippen molar-refractivity contribution < 1.29 is 24.5 Å². The van der Waals surface area contributed by atoms with Gasteiger partial charge in [0.15, 0.2) is 0 Å². The Balaban J connectivity index is 2.21. The zero-order chi connectivity index (χ0) is 17.4. The molecule has 1 saturated heterocycles. The van der Waals surface area contributed by atoms with Gasteiger partial charge in [0.05, 0.1) is 6.61 Å². The van der Waals surface area contributed by atoms with Gasteiger partial charge in [0, 0.05) is 6.08 Å². The van der Waals surface area contributed by atoms with Crippen LogP contribution in [0.25, 0.3) is 0 Å². The fourth-order valence-corrected chi connectivity index (χ4v) is 3.02. The maximum atomic E-state index is 11.1. The van der Waals surface area contributed by atoms with Gasteiger partial charge in [-0.3, -0.25) is 4.79 Å². The molecular formula is C18H28O5. The molecule has 2 N–H and O–H groups in total. The van der Waals surface area contributed by atoms with E-state index >= 15 is 0 Å². The molecule has 0 aromatic carbocycles. The van der Waals surface area contributed by atoms with Gasteiger partial charge in [0.1, 0.15) is 12.0 Å². The molecule has 1 aliphatic rings. The van der Waals surface area contributed by atoms with Gasteiger partial charge in [-0.2, -0.15) is 0 Å². The lowest BCUT2D eigenvalue weighted by atomic mass is 9.91. The minimum atomic E-state index is -0.919. The standard InChI is InChI=1S/C18H28O5/c1-12(8-13(2)9-14(3)10-17(20)21)6-4-5-7-16-15(11-19)18(22)23-16/h9-10,12,15-16,19H,4-8,11H2,1-3H3,(H,20,21)/b13-9+,14-10+. The number of hydrogen-bond acceptors (Lipinski definition) is 4. The first-order valence-corrected chi connectivity index (χ1v) is 8.23. The van der Waals surface area contributed by atoms with Crippen molar-refractivity contribution in [3.05, 3.63) is 23.3 Å². The fourth-order valence-electron chi connectivity index (χ4n) is 3.02. The number of rotatable bonds is 10. The van der Waals surface area contributed by atoms with E-state index in [0.717, 1.165) is 37.7 Å². The minimum absolute atomic E-state index is 0.103. The largest absolute Gasteiger partial charge is 0.478 e. The molecule has 1 aliphatic heterocycles.